The van der Waals surface area contributed by atoms with E-state index in [1.807, 2.05) is 0 Å². The van der Waals surface area contributed by atoms with Crippen LogP contribution in [0, 0.1) is 46.3 Å². The molecular formula is C30H53NO. The molecule has 0 aromatic heterocycles. The van der Waals surface area contributed by atoms with E-state index in [2.05, 4.69) is 40.7 Å². The minimum atomic E-state index is 0.439. The van der Waals surface area contributed by atoms with Gasteiger partial charge in [-0.05, 0) is 111 Å². The van der Waals surface area contributed by atoms with E-state index in [1.165, 1.54) is 70.6 Å². The largest absolute Gasteiger partial charge is 0.378 e. The van der Waals surface area contributed by atoms with Gasteiger partial charge in [0.05, 0.1) is 6.10 Å². The van der Waals surface area contributed by atoms with Gasteiger partial charge in [0.1, 0.15) is 0 Å². The molecule has 8 atom stereocenters. The Bertz CT molecular complexity index is 655. The number of rotatable bonds is 9. The molecule has 0 heterocycles. The molecule has 0 amide bonds. The van der Waals surface area contributed by atoms with Crippen molar-refractivity contribution in [2.24, 2.45) is 52.1 Å². The van der Waals surface area contributed by atoms with Gasteiger partial charge in [-0.2, -0.15) is 0 Å². The van der Waals surface area contributed by atoms with E-state index in [0.717, 1.165) is 55.1 Å². The topological polar surface area (TPSA) is 35.2 Å². The van der Waals surface area contributed by atoms with Crippen LogP contribution in [0.25, 0.3) is 0 Å². The minimum absolute atomic E-state index is 0.439. The van der Waals surface area contributed by atoms with Crippen molar-refractivity contribution in [1.82, 2.24) is 0 Å². The predicted octanol–water partition coefficient (Wildman–Crippen LogP) is 7.76. The first kappa shape index (κ1) is 24.8. The lowest BCUT2D eigenvalue weighted by Crippen LogP contribution is -2.51. The number of fused-ring (bicyclic) bond motifs is 5. The summed E-state index contributed by atoms with van der Waals surface area (Å²) in [6, 6.07) is 0. The maximum atomic E-state index is 6.21. The first-order valence-corrected chi connectivity index (χ1v) is 14.3. The number of allylic oxidation sites excluding steroid dienone is 1. The number of hydrogen-bond donors (Lipinski definition) is 1. The number of ether oxygens (including phenoxy) is 1. The van der Waals surface area contributed by atoms with Crippen LogP contribution in [0.3, 0.4) is 0 Å². The highest BCUT2D eigenvalue weighted by molar-refractivity contribution is 5.25. The number of nitrogens with two attached hydrogens (primary N) is 1. The van der Waals surface area contributed by atoms with E-state index >= 15 is 0 Å². The highest BCUT2D eigenvalue weighted by atomic mass is 16.5. The van der Waals surface area contributed by atoms with Crippen LogP contribution < -0.4 is 5.73 Å². The summed E-state index contributed by atoms with van der Waals surface area (Å²) in [4.78, 5) is 0. The Morgan fingerprint density at radius 3 is 2.56 bits per heavy atom. The average molecular weight is 444 g/mol. The van der Waals surface area contributed by atoms with Gasteiger partial charge in [0.25, 0.3) is 0 Å². The summed E-state index contributed by atoms with van der Waals surface area (Å²) in [5.41, 5.74) is 8.47. The average Bonchev–Trinajstić information content (AvgIpc) is 3.11. The van der Waals surface area contributed by atoms with Crippen molar-refractivity contribution >= 4 is 0 Å². The van der Waals surface area contributed by atoms with Crippen LogP contribution in [0.1, 0.15) is 112 Å². The van der Waals surface area contributed by atoms with Crippen LogP contribution in [0.4, 0.5) is 0 Å². The van der Waals surface area contributed by atoms with Crippen molar-refractivity contribution in [3.63, 3.8) is 0 Å². The van der Waals surface area contributed by atoms with E-state index in [4.69, 9.17) is 10.5 Å². The molecule has 0 saturated heterocycles. The molecule has 3 saturated carbocycles. The van der Waals surface area contributed by atoms with Gasteiger partial charge < -0.3 is 10.5 Å². The zero-order valence-corrected chi connectivity index (χ0v) is 22.0. The maximum Gasteiger partial charge on any atom is 0.0612 e. The van der Waals surface area contributed by atoms with E-state index in [1.54, 1.807) is 5.57 Å². The minimum Gasteiger partial charge on any atom is -0.378 e. The summed E-state index contributed by atoms with van der Waals surface area (Å²) in [5, 5.41) is 0. The van der Waals surface area contributed by atoms with Crippen molar-refractivity contribution in [2.45, 2.75) is 118 Å². The molecule has 4 rings (SSSR count). The normalized spacial score (nSPS) is 42.2. The smallest absolute Gasteiger partial charge is 0.0612 e. The lowest BCUT2D eigenvalue weighted by Gasteiger charge is -2.58. The van der Waals surface area contributed by atoms with Crippen LogP contribution in [0.2, 0.25) is 0 Å². The standard InChI is InChI=1S/C30H53NO/c1-21(2)8-6-9-22(3)26-12-13-27-25-11-10-23-20-24(32-19-7-18-31)14-16-29(23,4)28(25)15-17-30(26,27)5/h10,21-22,24-28H,6-9,11-20,31H2,1-5H3/t22-,24+,25+,26?,27+,28+,29+,30-/m1/s1. The van der Waals surface area contributed by atoms with Gasteiger partial charge in [0, 0.05) is 6.61 Å². The second-order valence-corrected chi connectivity index (χ2v) is 13.2. The van der Waals surface area contributed by atoms with Crippen LogP contribution in [0.15, 0.2) is 11.6 Å². The fraction of sp³-hybridized carbons (Fsp3) is 0.933. The number of hydrogen-bond acceptors (Lipinski definition) is 2. The molecule has 1 unspecified atom stereocenters. The Labute approximate surface area is 199 Å². The fourth-order valence-electron chi connectivity index (χ4n) is 9.13. The Morgan fingerprint density at radius 1 is 1.00 bits per heavy atom. The molecule has 3 fully saturated rings. The summed E-state index contributed by atoms with van der Waals surface area (Å²) in [7, 11) is 0. The predicted molar refractivity (Wildman–Crippen MR) is 136 cm³/mol. The van der Waals surface area contributed by atoms with Crippen molar-refractivity contribution in [1.29, 1.82) is 0 Å². The van der Waals surface area contributed by atoms with Gasteiger partial charge >= 0.3 is 0 Å². The van der Waals surface area contributed by atoms with Crippen LogP contribution in [0.5, 0.6) is 0 Å². The van der Waals surface area contributed by atoms with E-state index in [0.29, 0.717) is 16.9 Å². The monoisotopic (exact) mass is 443 g/mol. The molecule has 0 bridgehead atoms. The fourth-order valence-corrected chi connectivity index (χ4v) is 9.13. The van der Waals surface area contributed by atoms with E-state index in [9.17, 15) is 0 Å². The van der Waals surface area contributed by atoms with Crippen molar-refractivity contribution in [2.75, 3.05) is 13.2 Å². The summed E-state index contributed by atoms with van der Waals surface area (Å²) < 4.78 is 6.21. The summed E-state index contributed by atoms with van der Waals surface area (Å²) in [6.45, 7) is 14.3. The Hall–Kier alpha value is -0.340. The van der Waals surface area contributed by atoms with Gasteiger partial charge in [-0.3, -0.25) is 0 Å². The maximum absolute atomic E-state index is 6.21. The van der Waals surface area contributed by atoms with Crippen molar-refractivity contribution in [3.05, 3.63) is 11.6 Å². The van der Waals surface area contributed by atoms with Crippen LogP contribution in [-0.2, 0) is 4.74 Å². The molecule has 184 valence electrons. The zero-order valence-electron chi connectivity index (χ0n) is 22.0. The quantitative estimate of drug-likeness (QED) is 0.292. The zero-order chi connectivity index (χ0) is 22.9. The molecular weight excluding hydrogens is 390 g/mol. The molecule has 2 heteroatoms. The molecule has 0 aromatic rings. The second kappa shape index (κ2) is 10.1. The summed E-state index contributed by atoms with van der Waals surface area (Å²) in [5.74, 6) is 5.55. The molecule has 32 heavy (non-hydrogen) atoms. The first-order valence-electron chi connectivity index (χ1n) is 14.3. The highest BCUT2D eigenvalue weighted by Crippen LogP contribution is 2.67. The van der Waals surface area contributed by atoms with Gasteiger partial charge in [-0.25, -0.2) is 0 Å². The third-order valence-electron chi connectivity index (χ3n) is 11.0. The van der Waals surface area contributed by atoms with Gasteiger partial charge in [-0.15, -0.1) is 0 Å². The van der Waals surface area contributed by atoms with E-state index < -0.39 is 0 Å². The molecule has 2 nitrogen and oxygen atoms in total. The molecule has 4 aliphatic carbocycles. The lowest BCUT2D eigenvalue weighted by molar-refractivity contribution is -0.0639. The Morgan fingerprint density at radius 2 is 1.81 bits per heavy atom. The molecule has 2 N–H and O–H groups in total. The summed E-state index contributed by atoms with van der Waals surface area (Å²) in [6.07, 6.45) is 19.5. The van der Waals surface area contributed by atoms with Gasteiger partial charge in [0.15, 0.2) is 0 Å². The third kappa shape index (κ3) is 4.61. The van der Waals surface area contributed by atoms with Gasteiger partial charge in [0.2, 0.25) is 0 Å². The lowest BCUT2D eigenvalue weighted by atomic mass is 9.47. The van der Waals surface area contributed by atoms with Crippen LogP contribution in [-0.4, -0.2) is 19.3 Å². The first-order chi connectivity index (χ1) is 15.3. The Kier molecular flexibility index (Phi) is 7.82. The SMILES string of the molecule is CC(C)CCC[C@@H](C)C1CC[C@H]2[C@@H]3CC=C4C[C@@H](OCCCN)CC[C@]4(C)[C@H]3CC[C@]12C. The molecule has 0 radical (unpaired) electrons. The summed E-state index contributed by atoms with van der Waals surface area (Å²) >= 11 is 0. The third-order valence-corrected chi connectivity index (χ3v) is 11.0. The van der Waals surface area contributed by atoms with Crippen molar-refractivity contribution < 1.29 is 4.74 Å². The Balaban J connectivity index is 1.42. The molecule has 4 aliphatic rings. The highest BCUT2D eigenvalue weighted by Gasteiger charge is 2.59. The molecule has 0 spiro atoms. The molecule has 0 aromatic carbocycles. The van der Waals surface area contributed by atoms with E-state index in [-0.39, 0.29) is 0 Å². The van der Waals surface area contributed by atoms with Crippen LogP contribution >= 0.6 is 0 Å². The second-order valence-electron chi connectivity index (χ2n) is 13.2. The van der Waals surface area contributed by atoms with Crippen molar-refractivity contribution in [3.8, 4) is 0 Å². The molecule has 0 aliphatic heterocycles. The van der Waals surface area contributed by atoms with Gasteiger partial charge in [-0.1, -0.05) is 65.5 Å².